The molecule has 5 heteroatoms. The quantitative estimate of drug-likeness (QED) is 0.881. The molecule has 0 aliphatic carbocycles. The number of carbonyl (C=O) groups is 1. The van der Waals surface area contributed by atoms with Crippen LogP contribution in [-0.2, 0) is 4.74 Å². The number of hydrogen-bond donors (Lipinski definition) is 2. The number of urea groups is 1. The molecule has 3 rings (SSSR count). The lowest BCUT2D eigenvalue weighted by Crippen LogP contribution is -2.45. The average molecular weight is 303 g/mol. The molecule has 2 heterocycles. The molecule has 0 unspecified atom stereocenters. The molecule has 3 atom stereocenters. The maximum atomic E-state index is 12.2. The Bertz CT molecular complexity index is 561. The summed E-state index contributed by atoms with van der Waals surface area (Å²) in [6.07, 6.45) is 1.26. The topological polar surface area (TPSA) is 53.6 Å². The Hall–Kier alpha value is -1.59. The number of nitrogens with one attached hydrogen (secondary N) is 2. The standard InChI is InChI=1S/C17H25N3O2/c1-11-5-4-6-16(13(11)3)19-17(21)18-14-7-15-10-22-12(2)8-20(15)9-14/h4-6,12,14-15H,7-10H2,1-3H3,(H2,18,19,21)/t12-,14+,15+/m1/s1. The van der Waals surface area contributed by atoms with Crippen molar-refractivity contribution in [1.29, 1.82) is 0 Å². The minimum Gasteiger partial charge on any atom is -0.376 e. The molecule has 2 aliphatic rings. The number of fused-ring (bicyclic) bond motifs is 1. The van der Waals surface area contributed by atoms with Crippen LogP contribution in [0.5, 0.6) is 0 Å². The SMILES string of the molecule is Cc1cccc(NC(=O)N[C@H]2C[C@H]3CO[C@H](C)CN3C2)c1C. The Morgan fingerprint density at radius 2 is 2.14 bits per heavy atom. The number of aryl methyl sites for hydroxylation is 1. The van der Waals surface area contributed by atoms with Gasteiger partial charge in [0.25, 0.3) is 0 Å². The fourth-order valence-electron chi connectivity index (χ4n) is 3.37. The van der Waals surface area contributed by atoms with Crippen molar-refractivity contribution in [3.05, 3.63) is 29.3 Å². The summed E-state index contributed by atoms with van der Waals surface area (Å²) in [7, 11) is 0. The van der Waals surface area contributed by atoms with E-state index in [0.717, 1.165) is 37.4 Å². The van der Waals surface area contributed by atoms with Crippen LogP contribution in [0.15, 0.2) is 18.2 Å². The van der Waals surface area contributed by atoms with Crippen molar-refractivity contribution in [2.75, 3.05) is 25.0 Å². The van der Waals surface area contributed by atoms with Gasteiger partial charge in [-0.05, 0) is 44.4 Å². The maximum Gasteiger partial charge on any atom is 0.319 e. The van der Waals surface area contributed by atoms with Crippen molar-refractivity contribution in [3.8, 4) is 0 Å². The lowest BCUT2D eigenvalue weighted by Gasteiger charge is -2.33. The number of nitrogens with zero attached hydrogens (tertiary/aromatic N) is 1. The van der Waals surface area contributed by atoms with Crippen molar-refractivity contribution in [1.82, 2.24) is 10.2 Å². The average Bonchev–Trinajstić information content (AvgIpc) is 2.85. The lowest BCUT2D eigenvalue weighted by atomic mass is 10.1. The molecular weight excluding hydrogens is 278 g/mol. The summed E-state index contributed by atoms with van der Waals surface area (Å²) >= 11 is 0. The summed E-state index contributed by atoms with van der Waals surface area (Å²) in [6.45, 7) is 8.83. The molecule has 5 nitrogen and oxygen atoms in total. The first kappa shape index (κ1) is 15.3. The van der Waals surface area contributed by atoms with E-state index in [1.165, 1.54) is 5.56 Å². The smallest absolute Gasteiger partial charge is 0.319 e. The normalized spacial score (nSPS) is 28.2. The molecule has 0 spiro atoms. The van der Waals surface area contributed by atoms with Crippen LogP contribution in [0.2, 0.25) is 0 Å². The van der Waals surface area contributed by atoms with Crippen LogP contribution >= 0.6 is 0 Å². The fraction of sp³-hybridized carbons (Fsp3) is 0.588. The summed E-state index contributed by atoms with van der Waals surface area (Å²) in [5.41, 5.74) is 3.18. The van der Waals surface area contributed by atoms with Crippen LogP contribution in [-0.4, -0.2) is 48.8 Å². The van der Waals surface area contributed by atoms with Crippen LogP contribution < -0.4 is 10.6 Å². The van der Waals surface area contributed by atoms with Crippen LogP contribution in [0.25, 0.3) is 0 Å². The van der Waals surface area contributed by atoms with E-state index in [9.17, 15) is 4.79 Å². The van der Waals surface area contributed by atoms with Gasteiger partial charge in [0.05, 0.1) is 12.7 Å². The third-order valence-electron chi connectivity index (χ3n) is 4.78. The second-order valence-corrected chi connectivity index (χ2v) is 6.53. The van der Waals surface area contributed by atoms with Crippen LogP contribution in [0.3, 0.4) is 0 Å². The first-order valence-corrected chi connectivity index (χ1v) is 8.02. The zero-order chi connectivity index (χ0) is 15.7. The largest absolute Gasteiger partial charge is 0.376 e. The Labute approximate surface area is 132 Å². The van der Waals surface area contributed by atoms with Gasteiger partial charge in [-0.15, -0.1) is 0 Å². The highest BCUT2D eigenvalue weighted by atomic mass is 16.5. The van der Waals surface area contributed by atoms with E-state index in [1.807, 2.05) is 19.1 Å². The molecule has 2 fully saturated rings. The summed E-state index contributed by atoms with van der Waals surface area (Å²) in [4.78, 5) is 14.7. The highest BCUT2D eigenvalue weighted by Crippen LogP contribution is 2.23. The van der Waals surface area contributed by atoms with Gasteiger partial charge in [-0.25, -0.2) is 4.79 Å². The molecule has 0 radical (unpaired) electrons. The first-order chi connectivity index (χ1) is 10.5. The zero-order valence-electron chi connectivity index (χ0n) is 13.6. The lowest BCUT2D eigenvalue weighted by molar-refractivity contribution is -0.0390. The van der Waals surface area contributed by atoms with E-state index in [1.54, 1.807) is 0 Å². The Balaban J connectivity index is 1.55. The number of benzene rings is 1. The molecule has 0 bridgehead atoms. The summed E-state index contributed by atoms with van der Waals surface area (Å²) in [6, 6.07) is 6.48. The van der Waals surface area contributed by atoms with E-state index in [-0.39, 0.29) is 12.1 Å². The van der Waals surface area contributed by atoms with E-state index in [2.05, 4.69) is 35.4 Å². The molecule has 120 valence electrons. The molecule has 1 aromatic carbocycles. The van der Waals surface area contributed by atoms with Gasteiger partial charge in [-0.2, -0.15) is 0 Å². The van der Waals surface area contributed by atoms with E-state index < -0.39 is 0 Å². The molecule has 0 saturated carbocycles. The van der Waals surface area contributed by atoms with Gasteiger partial charge in [-0.3, -0.25) is 4.90 Å². The van der Waals surface area contributed by atoms with Gasteiger partial charge in [0.2, 0.25) is 0 Å². The predicted octanol–water partition coefficient (Wildman–Crippen LogP) is 2.29. The van der Waals surface area contributed by atoms with Crippen molar-refractivity contribution in [2.45, 2.75) is 45.4 Å². The fourth-order valence-corrected chi connectivity index (χ4v) is 3.37. The van der Waals surface area contributed by atoms with Gasteiger partial charge in [0.1, 0.15) is 0 Å². The third-order valence-corrected chi connectivity index (χ3v) is 4.78. The van der Waals surface area contributed by atoms with Gasteiger partial charge in [0, 0.05) is 30.9 Å². The highest BCUT2D eigenvalue weighted by Gasteiger charge is 2.36. The molecule has 2 N–H and O–H groups in total. The Kier molecular flexibility index (Phi) is 4.36. The second-order valence-electron chi connectivity index (χ2n) is 6.53. The monoisotopic (exact) mass is 303 g/mol. The maximum absolute atomic E-state index is 12.2. The van der Waals surface area contributed by atoms with E-state index in [0.29, 0.717) is 12.1 Å². The molecule has 22 heavy (non-hydrogen) atoms. The first-order valence-electron chi connectivity index (χ1n) is 8.02. The van der Waals surface area contributed by atoms with Crippen molar-refractivity contribution < 1.29 is 9.53 Å². The van der Waals surface area contributed by atoms with Gasteiger partial charge < -0.3 is 15.4 Å². The molecule has 1 aromatic rings. The van der Waals surface area contributed by atoms with Crippen LogP contribution in [0, 0.1) is 13.8 Å². The Morgan fingerprint density at radius 1 is 1.32 bits per heavy atom. The number of hydrogen-bond acceptors (Lipinski definition) is 3. The summed E-state index contributed by atoms with van der Waals surface area (Å²) in [5, 5.41) is 6.07. The Morgan fingerprint density at radius 3 is 2.95 bits per heavy atom. The molecular formula is C17H25N3O2. The van der Waals surface area contributed by atoms with Gasteiger partial charge in [-0.1, -0.05) is 12.1 Å². The summed E-state index contributed by atoms with van der Waals surface area (Å²) in [5.74, 6) is 0. The number of carbonyl (C=O) groups excluding carboxylic acids is 1. The van der Waals surface area contributed by atoms with E-state index >= 15 is 0 Å². The van der Waals surface area contributed by atoms with Crippen LogP contribution in [0.1, 0.15) is 24.5 Å². The molecule has 2 amide bonds. The van der Waals surface area contributed by atoms with Gasteiger partial charge >= 0.3 is 6.03 Å². The second kappa shape index (κ2) is 6.26. The predicted molar refractivity (Wildman–Crippen MR) is 87.3 cm³/mol. The number of anilines is 1. The minimum atomic E-state index is -0.118. The molecule has 2 aliphatic heterocycles. The molecule has 2 saturated heterocycles. The van der Waals surface area contributed by atoms with Gasteiger partial charge in [0.15, 0.2) is 0 Å². The number of morpholine rings is 1. The summed E-state index contributed by atoms with van der Waals surface area (Å²) < 4.78 is 5.70. The molecule has 0 aromatic heterocycles. The zero-order valence-corrected chi connectivity index (χ0v) is 13.6. The van der Waals surface area contributed by atoms with Crippen molar-refractivity contribution in [2.24, 2.45) is 0 Å². The minimum absolute atomic E-state index is 0.118. The third kappa shape index (κ3) is 3.25. The highest BCUT2D eigenvalue weighted by molar-refractivity contribution is 5.90. The number of amides is 2. The van der Waals surface area contributed by atoms with Crippen molar-refractivity contribution >= 4 is 11.7 Å². The van der Waals surface area contributed by atoms with E-state index in [4.69, 9.17) is 4.74 Å². The number of ether oxygens (including phenoxy) is 1. The van der Waals surface area contributed by atoms with Crippen molar-refractivity contribution in [3.63, 3.8) is 0 Å². The van der Waals surface area contributed by atoms with Crippen LogP contribution in [0.4, 0.5) is 10.5 Å². The number of rotatable bonds is 2.